The molecule has 1 aromatic rings. The largest absolute Gasteiger partial charge is 0.297 e. The Morgan fingerprint density at radius 3 is 2.05 bits per heavy atom. The SMILES string of the molecule is Cc1ccc(S(=O)(=O)OCC(C)(C)C(=O)C(C)(C)Br)cc1. The minimum absolute atomic E-state index is 0.0921. The number of ketones is 1. The molecule has 0 aliphatic rings. The average Bonchev–Trinajstić information content (AvgIpc) is 2.35. The third-order valence-corrected chi connectivity index (χ3v) is 4.68. The van der Waals surface area contributed by atoms with E-state index < -0.39 is 19.9 Å². The third kappa shape index (κ3) is 4.90. The fourth-order valence-corrected chi connectivity index (χ4v) is 3.46. The van der Waals surface area contributed by atoms with Crippen molar-refractivity contribution in [1.29, 1.82) is 0 Å². The zero-order valence-electron chi connectivity index (χ0n) is 12.9. The zero-order valence-corrected chi connectivity index (χ0v) is 15.3. The number of rotatable bonds is 6. The number of alkyl halides is 1. The lowest BCUT2D eigenvalue weighted by molar-refractivity contribution is -0.129. The Hall–Kier alpha value is -0.720. The van der Waals surface area contributed by atoms with Gasteiger partial charge in [-0.2, -0.15) is 8.42 Å². The van der Waals surface area contributed by atoms with Crippen LogP contribution in [0, 0.1) is 12.3 Å². The molecule has 0 spiro atoms. The van der Waals surface area contributed by atoms with Crippen molar-refractivity contribution in [1.82, 2.24) is 0 Å². The zero-order chi connectivity index (χ0) is 16.5. The maximum Gasteiger partial charge on any atom is 0.297 e. The number of Topliss-reactive ketones (excluding diaryl/α,β-unsaturated/α-hetero) is 1. The molecule has 0 N–H and O–H groups in total. The van der Waals surface area contributed by atoms with Gasteiger partial charge >= 0.3 is 0 Å². The molecule has 1 aromatic carbocycles. The van der Waals surface area contributed by atoms with E-state index in [1.54, 1.807) is 39.8 Å². The fraction of sp³-hybridized carbons (Fsp3) is 0.533. The molecule has 0 amide bonds. The highest BCUT2D eigenvalue weighted by atomic mass is 79.9. The van der Waals surface area contributed by atoms with Crippen LogP contribution < -0.4 is 0 Å². The van der Waals surface area contributed by atoms with E-state index >= 15 is 0 Å². The Balaban J connectivity index is 2.87. The Bertz CT molecular complexity index is 610. The number of benzene rings is 1. The number of carbonyl (C=O) groups excluding carboxylic acids is 1. The molecule has 0 bridgehead atoms. The number of hydrogen-bond acceptors (Lipinski definition) is 4. The summed E-state index contributed by atoms with van der Waals surface area (Å²) >= 11 is 3.30. The van der Waals surface area contributed by atoms with Gasteiger partial charge in [0.25, 0.3) is 10.1 Å². The Kier molecular flexibility index (Phi) is 5.40. The highest BCUT2D eigenvalue weighted by Gasteiger charge is 2.38. The van der Waals surface area contributed by atoms with Gasteiger partial charge in [-0.25, -0.2) is 0 Å². The van der Waals surface area contributed by atoms with Crippen LogP contribution in [-0.2, 0) is 19.1 Å². The molecule has 0 aliphatic carbocycles. The standard InChI is InChI=1S/C15H21BrO4S/c1-11-6-8-12(9-7-11)21(18,19)20-10-14(2,3)13(17)15(4,5)16/h6-9H,10H2,1-5H3. The van der Waals surface area contributed by atoms with Gasteiger partial charge in [0.1, 0.15) is 0 Å². The van der Waals surface area contributed by atoms with E-state index in [1.165, 1.54) is 12.1 Å². The third-order valence-electron chi connectivity index (χ3n) is 3.04. The molecule has 0 saturated carbocycles. The number of hydrogen-bond donors (Lipinski definition) is 0. The van der Waals surface area contributed by atoms with Gasteiger partial charge in [-0.1, -0.05) is 47.5 Å². The summed E-state index contributed by atoms with van der Waals surface area (Å²) in [7, 11) is -3.86. The van der Waals surface area contributed by atoms with Gasteiger partial charge in [0.15, 0.2) is 5.78 Å². The second-order valence-electron chi connectivity index (χ2n) is 6.21. The number of carbonyl (C=O) groups is 1. The first-order valence-electron chi connectivity index (χ1n) is 6.56. The van der Waals surface area contributed by atoms with Crippen molar-refractivity contribution in [2.75, 3.05) is 6.61 Å². The molecule has 118 valence electrons. The topological polar surface area (TPSA) is 60.4 Å². The summed E-state index contributed by atoms with van der Waals surface area (Å²) in [6, 6.07) is 6.39. The summed E-state index contributed by atoms with van der Waals surface area (Å²) in [5, 5.41) is 0. The molecule has 21 heavy (non-hydrogen) atoms. The van der Waals surface area contributed by atoms with Gasteiger partial charge < -0.3 is 0 Å². The van der Waals surface area contributed by atoms with Crippen molar-refractivity contribution in [3.63, 3.8) is 0 Å². The molecule has 0 radical (unpaired) electrons. The quantitative estimate of drug-likeness (QED) is 0.563. The maximum absolute atomic E-state index is 12.3. The van der Waals surface area contributed by atoms with Crippen LogP contribution in [0.1, 0.15) is 33.3 Å². The van der Waals surface area contributed by atoms with E-state index in [0.717, 1.165) is 5.56 Å². The molecule has 0 saturated heterocycles. The van der Waals surface area contributed by atoms with Crippen LogP contribution in [0.25, 0.3) is 0 Å². The highest BCUT2D eigenvalue weighted by Crippen LogP contribution is 2.30. The average molecular weight is 377 g/mol. The predicted octanol–water partition coefficient (Wildman–Crippen LogP) is 3.47. The minimum atomic E-state index is -3.86. The van der Waals surface area contributed by atoms with Crippen LogP contribution in [-0.4, -0.2) is 25.1 Å². The van der Waals surface area contributed by atoms with Crippen LogP contribution in [0.5, 0.6) is 0 Å². The van der Waals surface area contributed by atoms with E-state index in [9.17, 15) is 13.2 Å². The monoisotopic (exact) mass is 376 g/mol. The van der Waals surface area contributed by atoms with Crippen molar-refractivity contribution >= 4 is 31.8 Å². The van der Waals surface area contributed by atoms with Crippen LogP contribution in [0.4, 0.5) is 0 Å². The fourth-order valence-electron chi connectivity index (χ4n) is 1.87. The van der Waals surface area contributed by atoms with Crippen molar-refractivity contribution in [2.45, 2.75) is 43.8 Å². The van der Waals surface area contributed by atoms with Crippen molar-refractivity contribution < 1.29 is 17.4 Å². The first kappa shape index (κ1) is 18.3. The van der Waals surface area contributed by atoms with E-state index in [0.29, 0.717) is 0 Å². The lowest BCUT2D eigenvalue weighted by Gasteiger charge is -2.28. The minimum Gasteiger partial charge on any atom is -0.297 e. The van der Waals surface area contributed by atoms with E-state index in [2.05, 4.69) is 15.9 Å². The molecular weight excluding hydrogens is 356 g/mol. The molecular formula is C15H21BrO4S. The summed E-state index contributed by atoms with van der Waals surface area (Å²) in [6.45, 7) is 8.47. The van der Waals surface area contributed by atoms with Crippen molar-refractivity contribution in [3.8, 4) is 0 Å². The smallest absolute Gasteiger partial charge is 0.297 e. The summed E-state index contributed by atoms with van der Waals surface area (Å²) < 4.78 is 28.6. The Labute approximate surface area is 135 Å². The molecule has 0 fully saturated rings. The predicted molar refractivity (Wildman–Crippen MR) is 86.1 cm³/mol. The summed E-state index contributed by atoms with van der Waals surface area (Å²) in [5.41, 5.74) is 0.0515. The van der Waals surface area contributed by atoms with Gasteiger partial charge in [0.2, 0.25) is 0 Å². The molecule has 0 heterocycles. The second kappa shape index (κ2) is 6.18. The summed E-state index contributed by atoms with van der Waals surface area (Å²) in [6.07, 6.45) is 0. The lowest BCUT2D eigenvalue weighted by atomic mass is 9.83. The van der Waals surface area contributed by atoms with Crippen LogP contribution in [0.15, 0.2) is 29.2 Å². The second-order valence-corrected chi connectivity index (χ2v) is 9.81. The first-order chi connectivity index (χ1) is 9.36. The Morgan fingerprint density at radius 2 is 1.62 bits per heavy atom. The molecule has 6 heteroatoms. The van der Waals surface area contributed by atoms with Gasteiger partial charge in [-0.3, -0.25) is 8.98 Å². The molecule has 1 rings (SSSR count). The maximum atomic E-state index is 12.3. The Morgan fingerprint density at radius 1 is 1.14 bits per heavy atom. The first-order valence-corrected chi connectivity index (χ1v) is 8.76. The van der Waals surface area contributed by atoms with Crippen LogP contribution in [0.3, 0.4) is 0 Å². The van der Waals surface area contributed by atoms with Crippen LogP contribution in [0.2, 0.25) is 0 Å². The highest BCUT2D eigenvalue weighted by molar-refractivity contribution is 9.10. The van der Waals surface area contributed by atoms with E-state index in [-0.39, 0.29) is 17.3 Å². The summed E-state index contributed by atoms with van der Waals surface area (Å²) in [4.78, 5) is 12.4. The van der Waals surface area contributed by atoms with Gasteiger partial charge in [0, 0.05) is 5.41 Å². The molecule has 0 atom stereocenters. The number of halogens is 1. The van der Waals surface area contributed by atoms with Gasteiger partial charge in [-0.05, 0) is 32.9 Å². The molecule has 0 aromatic heterocycles. The van der Waals surface area contributed by atoms with Crippen molar-refractivity contribution in [3.05, 3.63) is 29.8 Å². The van der Waals surface area contributed by atoms with E-state index in [1.807, 2.05) is 6.92 Å². The molecule has 0 aliphatic heterocycles. The summed E-state index contributed by atoms with van der Waals surface area (Å²) in [5.74, 6) is -0.117. The lowest BCUT2D eigenvalue weighted by Crippen LogP contribution is -2.41. The normalized spacial score (nSPS) is 13.2. The molecule has 0 unspecified atom stereocenters. The van der Waals surface area contributed by atoms with Crippen molar-refractivity contribution in [2.24, 2.45) is 5.41 Å². The van der Waals surface area contributed by atoms with Crippen LogP contribution >= 0.6 is 15.9 Å². The van der Waals surface area contributed by atoms with E-state index in [4.69, 9.17) is 4.18 Å². The van der Waals surface area contributed by atoms with Gasteiger partial charge in [-0.15, -0.1) is 0 Å². The van der Waals surface area contributed by atoms with Gasteiger partial charge in [0.05, 0.1) is 15.8 Å². The number of aryl methyl sites for hydroxylation is 1. The molecule has 4 nitrogen and oxygen atoms in total.